The molecule has 0 bridgehead atoms. The smallest absolute Gasteiger partial charge is 0.243 e. The molecule has 3 rings (SSSR count). The van der Waals surface area contributed by atoms with Crippen LogP contribution in [0.25, 0.3) is 0 Å². The van der Waals surface area contributed by atoms with E-state index in [0.717, 1.165) is 19.4 Å². The van der Waals surface area contributed by atoms with Gasteiger partial charge in [0.05, 0.1) is 10.9 Å². The molecule has 1 atom stereocenters. The Morgan fingerprint density at radius 1 is 1.11 bits per heavy atom. The predicted molar refractivity (Wildman–Crippen MR) is 106 cm³/mol. The molecule has 0 radical (unpaired) electrons. The van der Waals surface area contributed by atoms with E-state index < -0.39 is 10.0 Å². The van der Waals surface area contributed by atoms with Crippen molar-refractivity contribution in [1.82, 2.24) is 9.21 Å². The zero-order valence-corrected chi connectivity index (χ0v) is 17.0. The topological polar surface area (TPSA) is 113 Å². The van der Waals surface area contributed by atoms with Gasteiger partial charge >= 0.3 is 0 Å². The van der Waals surface area contributed by atoms with E-state index in [9.17, 15) is 18.0 Å². The Bertz CT molecular complexity index is 817. The molecule has 9 heteroatoms. The molecule has 8 nitrogen and oxygen atoms in total. The van der Waals surface area contributed by atoms with Crippen molar-refractivity contribution in [2.75, 3.05) is 25.0 Å². The van der Waals surface area contributed by atoms with E-state index in [0.29, 0.717) is 38.0 Å². The van der Waals surface area contributed by atoms with Crippen molar-refractivity contribution in [2.45, 2.75) is 56.0 Å². The zero-order valence-electron chi connectivity index (χ0n) is 16.1. The highest BCUT2D eigenvalue weighted by molar-refractivity contribution is 7.89. The molecule has 28 heavy (non-hydrogen) atoms. The number of anilines is 1. The van der Waals surface area contributed by atoms with Crippen LogP contribution in [-0.4, -0.2) is 61.2 Å². The minimum atomic E-state index is -3.58. The third-order valence-corrected chi connectivity index (χ3v) is 7.52. The molecule has 0 saturated carbocycles. The molecule has 1 unspecified atom stereocenters. The lowest BCUT2D eigenvalue weighted by molar-refractivity contribution is -0.123. The standard InChI is InChI=1S/C19H28N4O4S/c1-2-18(24)21-14-5-7-16(8-6-14)28(26,27)22-12-9-15(10-13-22)23-11-3-4-17(23)19(20)25/h5-8,15,17H,2-4,9-13H2,1H3,(H2,20,25)(H,21,24). The maximum atomic E-state index is 12.9. The van der Waals surface area contributed by atoms with Gasteiger partial charge in [0.15, 0.2) is 0 Å². The molecule has 1 aromatic carbocycles. The van der Waals surface area contributed by atoms with Gasteiger partial charge in [0, 0.05) is 31.2 Å². The Balaban J connectivity index is 1.63. The number of carbonyl (C=O) groups is 2. The highest BCUT2D eigenvalue weighted by Crippen LogP contribution is 2.28. The summed E-state index contributed by atoms with van der Waals surface area (Å²) < 4.78 is 27.4. The number of piperidine rings is 1. The summed E-state index contributed by atoms with van der Waals surface area (Å²) in [6, 6.07) is 6.23. The second-order valence-electron chi connectivity index (χ2n) is 7.36. The summed E-state index contributed by atoms with van der Waals surface area (Å²) in [5, 5.41) is 2.71. The van der Waals surface area contributed by atoms with E-state index in [1.54, 1.807) is 19.1 Å². The number of hydrogen-bond acceptors (Lipinski definition) is 5. The van der Waals surface area contributed by atoms with Crippen LogP contribution in [0.15, 0.2) is 29.2 Å². The lowest BCUT2D eigenvalue weighted by Gasteiger charge is -2.38. The first-order valence-electron chi connectivity index (χ1n) is 9.78. The van der Waals surface area contributed by atoms with Crippen LogP contribution >= 0.6 is 0 Å². The van der Waals surface area contributed by atoms with E-state index in [1.807, 2.05) is 0 Å². The molecule has 2 aliphatic rings. The number of nitrogens with one attached hydrogen (secondary N) is 1. The van der Waals surface area contributed by atoms with Crippen LogP contribution in [0.3, 0.4) is 0 Å². The second kappa shape index (κ2) is 8.59. The molecule has 2 fully saturated rings. The Kier molecular flexibility index (Phi) is 6.36. The first-order chi connectivity index (χ1) is 13.3. The van der Waals surface area contributed by atoms with Gasteiger partial charge in [0.1, 0.15) is 0 Å². The highest BCUT2D eigenvalue weighted by atomic mass is 32.2. The molecule has 2 heterocycles. The molecule has 154 valence electrons. The molecule has 2 saturated heterocycles. The summed E-state index contributed by atoms with van der Waals surface area (Å²) in [6.45, 7) is 3.44. The summed E-state index contributed by atoms with van der Waals surface area (Å²) in [6.07, 6.45) is 3.48. The third-order valence-electron chi connectivity index (χ3n) is 5.61. The number of sulfonamides is 1. The highest BCUT2D eigenvalue weighted by Gasteiger charge is 2.37. The van der Waals surface area contributed by atoms with Crippen LogP contribution in [0.1, 0.15) is 39.0 Å². The van der Waals surface area contributed by atoms with Crippen molar-refractivity contribution in [2.24, 2.45) is 5.73 Å². The summed E-state index contributed by atoms with van der Waals surface area (Å²) in [4.78, 5) is 25.4. The van der Waals surface area contributed by atoms with Gasteiger partial charge in [-0.1, -0.05) is 6.92 Å². The van der Waals surface area contributed by atoms with Crippen molar-refractivity contribution in [3.05, 3.63) is 24.3 Å². The largest absolute Gasteiger partial charge is 0.368 e. The number of rotatable bonds is 6. The summed E-state index contributed by atoms with van der Waals surface area (Å²) >= 11 is 0. The number of primary amides is 1. The number of amides is 2. The lowest BCUT2D eigenvalue weighted by atomic mass is 10.0. The average molecular weight is 409 g/mol. The Morgan fingerprint density at radius 2 is 1.75 bits per heavy atom. The van der Waals surface area contributed by atoms with Gasteiger partial charge in [-0.05, 0) is 56.5 Å². The van der Waals surface area contributed by atoms with Gasteiger partial charge in [-0.15, -0.1) is 0 Å². The number of carbonyl (C=O) groups excluding carboxylic acids is 2. The molecule has 3 N–H and O–H groups in total. The number of hydrogen-bond donors (Lipinski definition) is 2. The van der Waals surface area contributed by atoms with Crippen LogP contribution in [0.4, 0.5) is 5.69 Å². The second-order valence-corrected chi connectivity index (χ2v) is 9.30. The zero-order chi connectivity index (χ0) is 20.3. The summed E-state index contributed by atoms with van der Waals surface area (Å²) in [5.41, 5.74) is 6.09. The number of likely N-dealkylation sites (tertiary alicyclic amines) is 1. The quantitative estimate of drug-likeness (QED) is 0.733. The average Bonchev–Trinajstić information content (AvgIpc) is 3.18. The van der Waals surface area contributed by atoms with Crippen molar-refractivity contribution in [1.29, 1.82) is 0 Å². The fourth-order valence-electron chi connectivity index (χ4n) is 4.05. The van der Waals surface area contributed by atoms with E-state index in [-0.39, 0.29) is 28.8 Å². The Labute approximate surface area is 166 Å². The van der Waals surface area contributed by atoms with Crippen LogP contribution in [-0.2, 0) is 19.6 Å². The molecule has 0 aromatic heterocycles. The fourth-order valence-corrected chi connectivity index (χ4v) is 5.52. The molecular weight excluding hydrogens is 380 g/mol. The molecule has 1 aromatic rings. The Morgan fingerprint density at radius 3 is 2.32 bits per heavy atom. The van der Waals surface area contributed by atoms with Gasteiger partial charge in [0.25, 0.3) is 0 Å². The minimum absolute atomic E-state index is 0.117. The maximum absolute atomic E-state index is 12.9. The van der Waals surface area contributed by atoms with Crippen LogP contribution in [0.2, 0.25) is 0 Å². The van der Waals surface area contributed by atoms with Gasteiger partial charge in [-0.25, -0.2) is 8.42 Å². The summed E-state index contributed by atoms with van der Waals surface area (Å²) in [7, 11) is -3.58. The van der Waals surface area contributed by atoms with Crippen LogP contribution in [0.5, 0.6) is 0 Å². The molecular formula is C19H28N4O4S. The van der Waals surface area contributed by atoms with Crippen molar-refractivity contribution < 1.29 is 18.0 Å². The van der Waals surface area contributed by atoms with Gasteiger partial charge in [0.2, 0.25) is 21.8 Å². The van der Waals surface area contributed by atoms with Crippen molar-refractivity contribution in [3.63, 3.8) is 0 Å². The summed E-state index contributed by atoms with van der Waals surface area (Å²) in [5.74, 6) is -0.406. The lowest BCUT2D eigenvalue weighted by Crippen LogP contribution is -2.51. The van der Waals surface area contributed by atoms with Crippen molar-refractivity contribution >= 4 is 27.5 Å². The third kappa shape index (κ3) is 4.37. The van der Waals surface area contributed by atoms with Gasteiger partial charge < -0.3 is 11.1 Å². The van der Waals surface area contributed by atoms with Crippen molar-refractivity contribution in [3.8, 4) is 0 Å². The van der Waals surface area contributed by atoms with E-state index >= 15 is 0 Å². The SMILES string of the molecule is CCC(=O)Nc1ccc(S(=O)(=O)N2CCC(N3CCCC3C(N)=O)CC2)cc1. The van der Waals surface area contributed by atoms with E-state index in [4.69, 9.17) is 5.73 Å². The number of benzene rings is 1. The van der Waals surface area contributed by atoms with Crippen LogP contribution in [0, 0.1) is 0 Å². The first kappa shape index (κ1) is 20.8. The predicted octanol–water partition coefficient (Wildman–Crippen LogP) is 1.14. The van der Waals surface area contributed by atoms with Gasteiger partial charge in [-0.3, -0.25) is 14.5 Å². The molecule has 0 aliphatic carbocycles. The van der Waals surface area contributed by atoms with E-state index in [2.05, 4.69) is 10.2 Å². The van der Waals surface area contributed by atoms with E-state index in [1.165, 1.54) is 16.4 Å². The maximum Gasteiger partial charge on any atom is 0.243 e. The first-order valence-corrected chi connectivity index (χ1v) is 11.2. The Hall–Kier alpha value is -1.97. The molecule has 2 amide bonds. The molecule has 0 spiro atoms. The minimum Gasteiger partial charge on any atom is -0.368 e. The van der Waals surface area contributed by atoms with Gasteiger partial charge in [-0.2, -0.15) is 4.31 Å². The van der Waals surface area contributed by atoms with Crippen LogP contribution < -0.4 is 11.1 Å². The normalized spacial score (nSPS) is 22.2. The fraction of sp³-hybridized carbons (Fsp3) is 0.579. The monoisotopic (exact) mass is 408 g/mol. The number of nitrogens with two attached hydrogens (primary N) is 1. The molecule has 2 aliphatic heterocycles. The number of nitrogens with zero attached hydrogens (tertiary/aromatic N) is 2.